The van der Waals surface area contributed by atoms with E-state index >= 15 is 0 Å². The lowest BCUT2D eigenvalue weighted by Crippen LogP contribution is -1.96. The molecule has 0 aliphatic carbocycles. The second kappa shape index (κ2) is 6.38. The predicted octanol–water partition coefficient (Wildman–Crippen LogP) is 3.81. The molecule has 3 aromatic rings. The van der Waals surface area contributed by atoms with Gasteiger partial charge in [-0.1, -0.05) is 4.49 Å². The summed E-state index contributed by atoms with van der Waals surface area (Å²) in [4.78, 5) is 20.4. The Hall–Kier alpha value is -3.40. The molecule has 0 radical (unpaired) electrons. The van der Waals surface area contributed by atoms with Gasteiger partial charge in [0, 0.05) is 17.0 Å². The molecule has 0 amide bonds. The van der Waals surface area contributed by atoms with E-state index in [2.05, 4.69) is 9.59 Å². The zero-order valence-electron chi connectivity index (χ0n) is 11.9. The topological polar surface area (TPSA) is 121 Å². The van der Waals surface area contributed by atoms with Gasteiger partial charge in [-0.05, 0) is 41.9 Å². The second-order valence-corrected chi connectivity index (χ2v) is 5.19. The highest BCUT2D eigenvalue weighted by molar-refractivity contribution is 7.03. The number of hydrogen-bond acceptors (Lipinski definition) is 8. The summed E-state index contributed by atoms with van der Waals surface area (Å²) < 4.78 is 9.25. The van der Waals surface area contributed by atoms with Crippen molar-refractivity contribution in [3.63, 3.8) is 0 Å². The molecule has 0 atom stereocenters. The molecule has 0 N–H and O–H groups in total. The fourth-order valence-corrected chi connectivity index (χ4v) is 2.42. The molecule has 3 rings (SSSR count). The lowest BCUT2D eigenvalue weighted by atomic mass is 10.2. The first-order valence-corrected chi connectivity index (χ1v) is 7.36. The molecule has 0 unspecified atom stereocenters. The maximum absolute atomic E-state index is 11.1. The number of hydrogen-bond donors (Lipinski definition) is 0. The maximum Gasteiger partial charge on any atom is 0.318 e. The van der Waals surface area contributed by atoms with Crippen molar-refractivity contribution in [1.29, 1.82) is 0 Å². The van der Waals surface area contributed by atoms with Gasteiger partial charge in [0.15, 0.2) is 0 Å². The maximum atomic E-state index is 11.1. The zero-order valence-corrected chi connectivity index (χ0v) is 12.7. The molecule has 1 aromatic heterocycles. The van der Waals surface area contributed by atoms with Gasteiger partial charge in [0.05, 0.1) is 15.9 Å². The summed E-state index contributed by atoms with van der Waals surface area (Å²) in [6, 6.07) is 9.95. The summed E-state index contributed by atoms with van der Waals surface area (Å²) in [5, 5.41) is 27.5. The average molecular weight is 344 g/mol. The van der Waals surface area contributed by atoms with Crippen molar-refractivity contribution in [2.75, 3.05) is 0 Å². The van der Waals surface area contributed by atoms with Crippen molar-refractivity contribution in [1.82, 2.24) is 9.59 Å². The summed E-state index contributed by atoms with van der Waals surface area (Å²) in [6.07, 6.45) is 0. The van der Waals surface area contributed by atoms with Crippen LogP contribution in [-0.4, -0.2) is 19.4 Å². The molecule has 2 aromatic carbocycles. The largest absolute Gasteiger partial charge is 0.450 e. The number of non-ortho nitro benzene ring substituents is 1. The van der Waals surface area contributed by atoms with Crippen molar-refractivity contribution >= 4 is 22.9 Å². The fourth-order valence-electron chi connectivity index (χ4n) is 1.96. The van der Waals surface area contributed by atoms with Crippen LogP contribution in [0.3, 0.4) is 0 Å². The molecular formula is C14H8N4O5S. The van der Waals surface area contributed by atoms with Gasteiger partial charge in [-0.3, -0.25) is 20.2 Å². The third kappa shape index (κ3) is 3.17. The van der Waals surface area contributed by atoms with Crippen molar-refractivity contribution in [2.45, 2.75) is 0 Å². The van der Waals surface area contributed by atoms with E-state index in [1.165, 1.54) is 17.6 Å². The highest BCUT2D eigenvalue weighted by Gasteiger charge is 2.21. The van der Waals surface area contributed by atoms with Crippen LogP contribution in [-0.2, 0) is 0 Å². The normalized spacial score (nSPS) is 10.3. The molecule has 0 aliphatic rings. The third-order valence-electron chi connectivity index (χ3n) is 3.09. The van der Waals surface area contributed by atoms with Crippen molar-refractivity contribution in [3.8, 4) is 22.8 Å². The number of benzene rings is 2. The van der Waals surface area contributed by atoms with Crippen LogP contribution in [0.4, 0.5) is 11.4 Å². The first-order chi connectivity index (χ1) is 11.5. The number of nitro groups is 2. The van der Waals surface area contributed by atoms with Gasteiger partial charge in [0.2, 0.25) is 5.75 Å². The molecule has 0 spiro atoms. The molecule has 0 aliphatic heterocycles. The molecular weight excluding hydrogens is 336 g/mol. The third-order valence-corrected chi connectivity index (χ3v) is 3.59. The Kier molecular flexibility index (Phi) is 4.12. The average Bonchev–Trinajstić information content (AvgIpc) is 3.10. The quantitative estimate of drug-likeness (QED) is 0.509. The van der Waals surface area contributed by atoms with E-state index in [1.807, 2.05) is 0 Å². The van der Waals surface area contributed by atoms with Crippen LogP contribution in [0.25, 0.3) is 11.3 Å². The van der Waals surface area contributed by atoms with Crippen LogP contribution < -0.4 is 4.74 Å². The monoisotopic (exact) mass is 344 g/mol. The summed E-state index contributed by atoms with van der Waals surface area (Å²) in [5.74, 6) is 0.285. The highest BCUT2D eigenvalue weighted by atomic mass is 32.1. The van der Waals surface area contributed by atoms with Crippen LogP contribution >= 0.6 is 11.5 Å². The van der Waals surface area contributed by atoms with E-state index in [0.717, 1.165) is 17.7 Å². The molecule has 24 heavy (non-hydrogen) atoms. The van der Waals surface area contributed by atoms with E-state index in [-0.39, 0.29) is 11.4 Å². The number of aromatic nitrogens is 2. The predicted molar refractivity (Wildman–Crippen MR) is 85.2 cm³/mol. The van der Waals surface area contributed by atoms with Crippen LogP contribution in [0, 0.1) is 20.2 Å². The minimum atomic E-state index is -0.725. The van der Waals surface area contributed by atoms with E-state index in [4.69, 9.17) is 4.74 Å². The van der Waals surface area contributed by atoms with Gasteiger partial charge < -0.3 is 4.74 Å². The Bertz CT molecular complexity index is 896. The standard InChI is InChI=1S/C14H8N4O5S/c19-17(20)10-3-6-14(13(7-10)18(21)22)23-11-4-1-9(2-5-11)12-8-24-16-15-12/h1-8H. The molecule has 0 bridgehead atoms. The minimum absolute atomic E-state index is 0.0753. The van der Waals surface area contributed by atoms with E-state index in [9.17, 15) is 20.2 Å². The lowest BCUT2D eigenvalue weighted by molar-refractivity contribution is -0.394. The summed E-state index contributed by atoms with van der Waals surface area (Å²) >= 11 is 1.23. The Morgan fingerprint density at radius 2 is 1.75 bits per heavy atom. The molecule has 10 heteroatoms. The molecule has 0 fully saturated rings. The Balaban J connectivity index is 1.88. The Morgan fingerprint density at radius 3 is 2.33 bits per heavy atom. The molecule has 0 saturated carbocycles. The van der Waals surface area contributed by atoms with Crippen molar-refractivity contribution in [2.24, 2.45) is 0 Å². The van der Waals surface area contributed by atoms with Crippen LogP contribution in [0.2, 0.25) is 0 Å². The van der Waals surface area contributed by atoms with Crippen molar-refractivity contribution in [3.05, 3.63) is 68.1 Å². The van der Waals surface area contributed by atoms with E-state index in [0.29, 0.717) is 11.4 Å². The number of ether oxygens (including phenoxy) is 1. The van der Waals surface area contributed by atoms with Crippen molar-refractivity contribution < 1.29 is 14.6 Å². The smallest absolute Gasteiger partial charge is 0.318 e. The zero-order chi connectivity index (χ0) is 17.1. The van der Waals surface area contributed by atoms with Crippen LogP contribution in [0.15, 0.2) is 47.8 Å². The number of rotatable bonds is 5. The Morgan fingerprint density at radius 1 is 1.00 bits per heavy atom. The highest BCUT2D eigenvalue weighted by Crippen LogP contribution is 2.34. The van der Waals surface area contributed by atoms with Gasteiger partial charge in [-0.2, -0.15) is 0 Å². The van der Waals surface area contributed by atoms with Gasteiger partial charge in [0.1, 0.15) is 11.4 Å². The number of nitro benzene ring substituents is 2. The summed E-state index contributed by atoms with van der Waals surface area (Å²) in [6.45, 7) is 0. The van der Waals surface area contributed by atoms with Gasteiger partial charge in [-0.15, -0.1) is 5.10 Å². The summed E-state index contributed by atoms with van der Waals surface area (Å²) in [5.41, 5.74) is 0.694. The van der Waals surface area contributed by atoms with Crippen LogP contribution in [0.1, 0.15) is 0 Å². The fraction of sp³-hybridized carbons (Fsp3) is 0. The summed E-state index contributed by atoms with van der Waals surface area (Å²) in [7, 11) is 0. The molecule has 1 heterocycles. The molecule has 0 saturated heterocycles. The van der Waals surface area contributed by atoms with Gasteiger partial charge >= 0.3 is 5.69 Å². The Labute approximate surface area is 138 Å². The van der Waals surface area contributed by atoms with Gasteiger partial charge in [-0.25, -0.2) is 0 Å². The lowest BCUT2D eigenvalue weighted by Gasteiger charge is -2.06. The van der Waals surface area contributed by atoms with Crippen LogP contribution in [0.5, 0.6) is 11.5 Å². The molecule has 120 valence electrons. The first kappa shape index (κ1) is 15.5. The minimum Gasteiger partial charge on any atom is -0.450 e. The first-order valence-electron chi connectivity index (χ1n) is 6.53. The molecule has 9 nitrogen and oxygen atoms in total. The number of nitrogens with zero attached hydrogens (tertiary/aromatic N) is 4. The van der Waals surface area contributed by atoms with Gasteiger partial charge in [0.25, 0.3) is 5.69 Å². The van der Waals surface area contributed by atoms with E-state index < -0.39 is 15.5 Å². The SMILES string of the molecule is O=[N+]([O-])c1ccc(Oc2ccc(-c3csnn3)cc2)c([N+](=O)[O-])c1. The second-order valence-electron chi connectivity index (χ2n) is 4.58. The van der Waals surface area contributed by atoms with E-state index in [1.54, 1.807) is 29.6 Å².